The summed E-state index contributed by atoms with van der Waals surface area (Å²) in [4.78, 5) is 53.7. The van der Waals surface area contributed by atoms with Crippen molar-refractivity contribution in [2.45, 2.75) is 26.7 Å². The molecule has 36 heavy (non-hydrogen) atoms. The number of para-hydroxylation sites is 1. The second-order valence-electron chi connectivity index (χ2n) is 7.80. The SMILES string of the molecule is CCOC(=O)C1C(C)=NC(C)=C(C(=O)OCCNC(=O)c2ccccc2O)[C@H]1c1ccc([N+](=O)[O-])s1. The van der Waals surface area contributed by atoms with Crippen molar-refractivity contribution < 1.29 is 33.9 Å². The Balaban J connectivity index is 1.80. The summed E-state index contributed by atoms with van der Waals surface area (Å²) >= 11 is 0.859. The molecule has 1 aliphatic heterocycles. The van der Waals surface area contributed by atoms with Crippen LogP contribution < -0.4 is 5.32 Å². The van der Waals surface area contributed by atoms with Gasteiger partial charge in [-0.25, -0.2) is 4.79 Å². The van der Waals surface area contributed by atoms with E-state index >= 15 is 0 Å². The average molecular weight is 516 g/mol. The molecule has 1 aromatic carbocycles. The number of nitrogens with one attached hydrogen (secondary N) is 1. The van der Waals surface area contributed by atoms with Crippen LogP contribution in [0.3, 0.4) is 0 Å². The molecule has 0 fully saturated rings. The zero-order valence-corrected chi connectivity index (χ0v) is 20.7. The summed E-state index contributed by atoms with van der Waals surface area (Å²) in [6, 6.07) is 8.84. The number of ether oxygens (including phenoxy) is 2. The Labute approximate surface area is 210 Å². The molecule has 2 aromatic rings. The largest absolute Gasteiger partial charge is 0.507 e. The topological polar surface area (TPSA) is 157 Å². The Morgan fingerprint density at radius 3 is 2.53 bits per heavy atom. The molecule has 11 nitrogen and oxygen atoms in total. The molecule has 0 radical (unpaired) electrons. The minimum absolute atomic E-state index is 0.0377. The van der Waals surface area contributed by atoms with Gasteiger partial charge in [0.05, 0.1) is 29.2 Å². The van der Waals surface area contributed by atoms with E-state index in [0.29, 0.717) is 16.3 Å². The number of aromatic hydroxyl groups is 1. The van der Waals surface area contributed by atoms with Gasteiger partial charge in [-0.1, -0.05) is 23.5 Å². The second kappa shape index (κ2) is 11.6. The molecule has 1 aliphatic rings. The number of hydrogen-bond acceptors (Lipinski definition) is 10. The van der Waals surface area contributed by atoms with E-state index in [1.807, 2.05) is 0 Å². The van der Waals surface area contributed by atoms with Gasteiger partial charge in [0.15, 0.2) is 0 Å². The number of benzene rings is 1. The van der Waals surface area contributed by atoms with Crippen LogP contribution in [0, 0.1) is 16.0 Å². The van der Waals surface area contributed by atoms with Gasteiger partial charge < -0.3 is 19.9 Å². The summed E-state index contributed by atoms with van der Waals surface area (Å²) in [5.74, 6) is -3.94. The lowest BCUT2D eigenvalue weighted by molar-refractivity contribution is -0.380. The summed E-state index contributed by atoms with van der Waals surface area (Å²) < 4.78 is 10.6. The Hall–Kier alpha value is -4.06. The highest BCUT2D eigenvalue weighted by atomic mass is 32.1. The van der Waals surface area contributed by atoms with Gasteiger partial charge in [-0.3, -0.25) is 24.7 Å². The van der Waals surface area contributed by atoms with E-state index in [4.69, 9.17) is 9.47 Å². The molecule has 1 unspecified atom stereocenters. The average Bonchev–Trinajstić information content (AvgIpc) is 3.32. The molecule has 0 saturated carbocycles. The van der Waals surface area contributed by atoms with Crippen LogP contribution in [0.25, 0.3) is 0 Å². The number of phenols is 1. The monoisotopic (exact) mass is 515 g/mol. The summed E-state index contributed by atoms with van der Waals surface area (Å²) in [6.07, 6.45) is 0. The van der Waals surface area contributed by atoms with Crippen LogP contribution in [0.1, 0.15) is 41.9 Å². The Morgan fingerprint density at radius 1 is 1.17 bits per heavy atom. The normalized spacial score (nSPS) is 17.2. The fourth-order valence-corrected chi connectivity index (χ4v) is 4.87. The Bertz CT molecular complexity index is 1250. The van der Waals surface area contributed by atoms with Gasteiger partial charge in [-0.05, 0) is 39.0 Å². The third kappa shape index (κ3) is 5.77. The fourth-order valence-electron chi connectivity index (χ4n) is 3.90. The van der Waals surface area contributed by atoms with Crippen LogP contribution in [0.4, 0.5) is 5.00 Å². The van der Waals surface area contributed by atoms with Crippen molar-refractivity contribution in [3.63, 3.8) is 0 Å². The first kappa shape index (κ1) is 26.5. The number of allylic oxidation sites excluding steroid dienone is 1. The lowest BCUT2D eigenvalue weighted by atomic mass is 9.79. The van der Waals surface area contributed by atoms with Gasteiger partial charge in [-0.2, -0.15) is 0 Å². The van der Waals surface area contributed by atoms with Crippen molar-refractivity contribution in [2.75, 3.05) is 19.8 Å². The van der Waals surface area contributed by atoms with Crippen LogP contribution in [-0.4, -0.2) is 53.3 Å². The molecule has 12 heteroatoms. The summed E-state index contributed by atoms with van der Waals surface area (Å²) in [6.45, 7) is 4.76. The number of hydrogen-bond donors (Lipinski definition) is 2. The first-order chi connectivity index (χ1) is 17.1. The van der Waals surface area contributed by atoms with Gasteiger partial charge in [0.2, 0.25) is 0 Å². The lowest BCUT2D eigenvalue weighted by Gasteiger charge is -2.30. The van der Waals surface area contributed by atoms with Gasteiger partial charge in [0.25, 0.3) is 5.91 Å². The van der Waals surface area contributed by atoms with Gasteiger partial charge in [0.1, 0.15) is 18.3 Å². The highest BCUT2D eigenvalue weighted by molar-refractivity contribution is 7.15. The molecule has 0 saturated heterocycles. The van der Waals surface area contributed by atoms with E-state index in [0.717, 1.165) is 11.3 Å². The van der Waals surface area contributed by atoms with E-state index in [1.54, 1.807) is 32.9 Å². The molecule has 0 spiro atoms. The minimum atomic E-state index is -0.963. The predicted molar refractivity (Wildman–Crippen MR) is 131 cm³/mol. The summed E-state index contributed by atoms with van der Waals surface area (Å²) in [7, 11) is 0. The highest BCUT2D eigenvalue weighted by Crippen LogP contribution is 2.44. The third-order valence-electron chi connectivity index (χ3n) is 5.46. The first-order valence-electron chi connectivity index (χ1n) is 11.1. The maximum absolute atomic E-state index is 13.2. The Morgan fingerprint density at radius 2 is 1.89 bits per heavy atom. The molecular formula is C24H25N3O8S. The standard InChI is InChI=1S/C24H25N3O8S/c1-4-34-23(30)19-13(2)26-14(3)20(21(19)17-9-10-18(36-17)27(32)33)24(31)35-12-11-25-22(29)15-7-5-6-8-16(15)28/h5-10,19,21,28H,4,11-12H2,1-3H3,(H,25,29)/t19?,21-/m0/s1. The smallest absolute Gasteiger partial charge is 0.336 e. The molecule has 2 N–H and O–H groups in total. The second-order valence-corrected chi connectivity index (χ2v) is 8.90. The third-order valence-corrected chi connectivity index (χ3v) is 6.58. The van der Waals surface area contributed by atoms with Crippen LogP contribution in [0.5, 0.6) is 5.75 Å². The molecule has 0 aliphatic carbocycles. The number of nitro groups is 1. The van der Waals surface area contributed by atoms with Crippen molar-refractivity contribution >= 4 is 39.9 Å². The zero-order chi connectivity index (χ0) is 26.4. The molecular weight excluding hydrogens is 490 g/mol. The van der Waals surface area contributed by atoms with E-state index in [-0.39, 0.29) is 41.6 Å². The molecule has 2 atom stereocenters. The van der Waals surface area contributed by atoms with Crippen molar-refractivity contribution in [1.29, 1.82) is 0 Å². The quantitative estimate of drug-likeness (QED) is 0.223. The van der Waals surface area contributed by atoms with Crippen molar-refractivity contribution in [2.24, 2.45) is 10.9 Å². The molecule has 0 bridgehead atoms. The van der Waals surface area contributed by atoms with Crippen LogP contribution >= 0.6 is 11.3 Å². The van der Waals surface area contributed by atoms with Crippen LogP contribution in [-0.2, 0) is 19.1 Å². The zero-order valence-electron chi connectivity index (χ0n) is 19.8. The van der Waals surface area contributed by atoms with E-state index < -0.39 is 34.6 Å². The molecule has 1 aromatic heterocycles. The number of thiophene rings is 1. The summed E-state index contributed by atoms with van der Waals surface area (Å²) in [5.41, 5.74) is 0.898. The molecule has 3 rings (SSSR count). The number of esters is 2. The van der Waals surface area contributed by atoms with E-state index in [9.17, 15) is 29.6 Å². The molecule has 1 amide bonds. The van der Waals surface area contributed by atoms with Crippen molar-refractivity contribution in [1.82, 2.24) is 5.32 Å². The molecule has 2 heterocycles. The number of nitrogens with zero attached hydrogens (tertiary/aromatic N) is 2. The van der Waals surface area contributed by atoms with Crippen molar-refractivity contribution in [3.05, 3.63) is 68.2 Å². The first-order valence-corrected chi connectivity index (χ1v) is 11.9. The number of aliphatic imine (C=N–C) groups is 1. The van der Waals surface area contributed by atoms with Crippen molar-refractivity contribution in [3.8, 4) is 5.75 Å². The number of carbonyl (C=O) groups is 3. The number of carbonyl (C=O) groups excluding carboxylic acids is 3. The minimum Gasteiger partial charge on any atom is -0.507 e. The number of phenolic OH excluding ortho intramolecular Hbond substituents is 1. The van der Waals surface area contributed by atoms with E-state index in [1.165, 1.54) is 24.3 Å². The highest BCUT2D eigenvalue weighted by Gasteiger charge is 2.43. The fraction of sp³-hybridized carbons (Fsp3) is 0.333. The van der Waals surface area contributed by atoms with Gasteiger partial charge in [-0.15, -0.1) is 0 Å². The molecule has 190 valence electrons. The number of amides is 1. The number of rotatable bonds is 9. The maximum atomic E-state index is 13.2. The van der Waals surface area contributed by atoms with Gasteiger partial charge in [0, 0.05) is 28.3 Å². The van der Waals surface area contributed by atoms with Gasteiger partial charge >= 0.3 is 16.9 Å². The Kier molecular flexibility index (Phi) is 8.54. The summed E-state index contributed by atoms with van der Waals surface area (Å²) in [5, 5.41) is 23.5. The maximum Gasteiger partial charge on any atom is 0.336 e. The predicted octanol–water partition coefficient (Wildman–Crippen LogP) is 3.35. The van der Waals surface area contributed by atoms with Crippen LogP contribution in [0.2, 0.25) is 0 Å². The van der Waals surface area contributed by atoms with E-state index in [2.05, 4.69) is 10.3 Å². The van der Waals surface area contributed by atoms with Crippen LogP contribution in [0.15, 0.2) is 52.7 Å². The lowest BCUT2D eigenvalue weighted by Crippen LogP contribution is -2.36.